The fraction of sp³-hybridized carbons (Fsp3) is 0.429. The van der Waals surface area contributed by atoms with Gasteiger partial charge in [0.25, 0.3) is 0 Å². The van der Waals surface area contributed by atoms with Gasteiger partial charge in [-0.1, -0.05) is 11.6 Å². The van der Waals surface area contributed by atoms with E-state index in [0.29, 0.717) is 11.6 Å². The minimum atomic E-state index is -0.109. The number of carbonyl (C=O) groups excluding carboxylic acids is 1. The van der Waals surface area contributed by atoms with E-state index in [2.05, 4.69) is 25.7 Å². The summed E-state index contributed by atoms with van der Waals surface area (Å²) in [4.78, 5) is 14.2. The van der Waals surface area contributed by atoms with Crippen LogP contribution < -0.4 is 15.0 Å². The van der Waals surface area contributed by atoms with E-state index in [9.17, 15) is 4.79 Å². The molecule has 1 aliphatic heterocycles. The molecule has 0 aliphatic carbocycles. The second-order valence-corrected chi connectivity index (χ2v) is 5.76. The number of ether oxygens (including phenoxy) is 1. The maximum Gasteiger partial charge on any atom is 0.242 e. The van der Waals surface area contributed by atoms with Gasteiger partial charge in [-0.15, -0.1) is 5.10 Å². The van der Waals surface area contributed by atoms with Crippen LogP contribution in [0.4, 0.5) is 5.69 Å². The smallest absolute Gasteiger partial charge is 0.242 e. The van der Waals surface area contributed by atoms with Gasteiger partial charge in [0.2, 0.25) is 5.91 Å². The molecule has 1 unspecified atom stereocenters. The lowest BCUT2D eigenvalue weighted by atomic mass is 10.2. The quantitative estimate of drug-likeness (QED) is 0.866. The predicted octanol–water partition coefficient (Wildman–Crippen LogP) is 0.730. The molecule has 0 bridgehead atoms. The van der Waals surface area contributed by atoms with Crippen molar-refractivity contribution in [1.82, 2.24) is 25.5 Å². The summed E-state index contributed by atoms with van der Waals surface area (Å²) >= 11 is 6.08. The zero-order chi connectivity index (χ0) is 16.2. The van der Waals surface area contributed by atoms with Crippen molar-refractivity contribution in [2.75, 3.05) is 25.1 Å². The van der Waals surface area contributed by atoms with Gasteiger partial charge in [-0.2, -0.15) is 0 Å². The number of nitrogens with one attached hydrogen (secondary N) is 1. The molecule has 0 saturated carbocycles. The number of halogens is 1. The van der Waals surface area contributed by atoms with Crippen molar-refractivity contribution in [2.24, 2.45) is 0 Å². The van der Waals surface area contributed by atoms with E-state index in [-0.39, 0.29) is 18.5 Å². The van der Waals surface area contributed by atoms with Gasteiger partial charge in [-0.05, 0) is 35.0 Å². The summed E-state index contributed by atoms with van der Waals surface area (Å²) in [7, 11) is 1.63. The van der Waals surface area contributed by atoms with Crippen LogP contribution in [0.5, 0.6) is 5.75 Å². The van der Waals surface area contributed by atoms with Crippen molar-refractivity contribution in [3.63, 3.8) is 0 Å². The Hall–Kier alpha value is -2.35. The monoisotopic (exact) mass is 336 g/mol. The Labute approximate surface area is 138 Å². The highest BCUT2D eigenvalue weighted by molar-refractivity contribution is 6.30. The first-order valence-corrected chi connectivity index (χ1v) is 7.62. The van der Waals surface area contributed by atoms with Crippen LogP contribution in [0.1, 0.15) is 6.42 Å². The van der Waals surface area contributed by atoms with Crippen LogP contribution in [-0.4, -0.2) is 52.4 Å². The van der Waals surface area contributed by atoms with E-state index in [0.717, 1.165) is 24.4 Å². The highest BCUT2D eigenvalue weighted by atomic mass is 35.5. The molecule has 2 heterocycles. The largest absolute Gasteiger partial charge is 0.495 e. The Morgan fingerprint density at radius 2 is 2.39 bits per heavy atom. The van der Waals surface area contributed by atoms with Crippen molar-refractivity contribution in [3.05, 3.63) is 29.5 Å². The summed E-state index contributed by atoms with van der Waals surface area (Å²) < 4.78 is 6.78. The molecule has 8 nitrogen and oxygen atoms in total. The van der Waals surface area contributed by atoms with E-state index >= 15 is 0 Å². The summed E-state index contributed by atoms with van der Waals surface area (Å²) in [6, 6.07) is 5.60. The first-order valence-electron chi connectivity index (χ1n) is 7.24. The average Bonchev–Trinajstić information content (AvgIpc) is 3.19. The van der Waals surface area contributed by atoms with E-state index in [4.69, 9.17) is 16.3 Å². The Morgan fingerprint density at radius 3 is 3.13 bits per heavy atom. The first kappa shape index (κ1) is 15.5. The van der Waals surface area contributed by atoms with E-state index < -0.39 is 0 Å². The molecule has 1 aromatic carbocycles. The normalized spacial score (nSPS) is 17.3. The maximum atomic E-state index is 12.0. The maximum absolute atomic E-state index is 12.0. The Balaban J connectivity index is 1.60. The Kier molecular flexibility index (Phi) is 4.61. The number of anilines is 1. The molecule has 1 N–H and O–H groups in total. The molecule has 23 heavy (non-hydrogen) atoms. The van der Waals surface area contributed by atoms with Crippen LogP contribution in [0.15, 0.2) is 24.5 Å². The SMILES string of the molecule is COc1ccc(Cl)cc1N1CCC(NC(=O)Cn2cnnn2)C1. The van der Waals surface area contributed by atoms with Crippen LogP contribution >= 0.6 is 11.6 Å². The fourth-order valence-electron chi connectivity index (χ4n) is 2.68. The summed E-state index contributed by atoms with van der Waals surface area (Å²) in [6.07, 6.45) is 2.27. The highest BCUT2D eigenvalue weighted by Crippen LogP contribution is 2.33. The molecule has 9 heteroatoms. The second-order valence-electron chi connectivity index (χ2n) is 5.32. The minimum Gasteiger partial charge on any atom is -0.495 e. The van der Waals surface area contributed by atoms with Gasteiger partial charge in [0.15, 0.2) is 0 Å². The topological polar surface area (TPSA) is 85.2 Å². The molecule has 1 atom stereocenters. The van der Waals surface area contributed by atoms with Crippen LogP contribution in [0, 0.1) is 0 Å². The zero-order valence-electron chi connectivity index (χ0n) is 12.6. The number of benzene rings is 1. The molecule has 1 saturated heterocycles. The first-order chi connectivity index (χ1) is 11.2. The van der Waals surface area contributed by atoms with Gasteiger partial charge < -0.3 is 15.0 Å². The standard InChI is InChI=1S/C14H17ClN6O2/c1-23-13-3-2-10(15)6-12(13)20-5-4-11(7-20)17-14(22)8-21-9-16-18-19-21/h2-3,6,9,11H,4-5,7-8H2,1H3,(H,17,22). The van der Waals surface area contributed by atoms with Gasteiger partial charge in [0.05, 0.1) is 12.8 Å². The lowest BCUT2D eigenvalue weighted by Crippen LogP contribution is -2.39. The molecule has 0 radical (unpaired) electrons. The number of amides is 1. The second kappa shape index (κ2) is 6.82. The highest BCUT2D eigenvalue weighted by Gasteiger charge is 2.26. The molecular formula is C14H17ClN6O2. The van der Waals surface area contributed by atoms with Gasteiger partial charge in [0.1, 0.15) is 18.6 Å². The van der Waals surface area contributed by atoms with Gasteiger partial charge in [-0.3, -0.25) is 4.79 Å². The number of methoxy groups -OCH3 is 1. The summed E-state index contributed by atoms with van der Waals surface area (Å²) in [5, 5.41) is 14.3. The molecule has 3 rings (SSSR count). The van der Waals surface area contributed by atoms with Gasteiger partial charge >= 0.3 is 0 Å². The number of hydrogen-bond acceptors (Lipinski definition) is 6. The molecule has 1 amide bonds. The molecule has 2 aromatic rings. The number of nitrogens with zero attached hydrogens (tertiary/aromatic N) is 5. The van der Waals surface area contributed by atoms with E-state index in [1.165, 1.54) is 11.0 Å². The molecular weight excluding hydrogens is 320 g/mol. The van der Waals surface area contributed by atoms with Crippen molar-refractivity contribution in [3.8, 4) is 5.75 Å². The Morgan fingerprint density at radius 1 is 1.52 bits per heavy atom. The zero-order valence-corrected chi connectivity index (χ0v) is 13.4. The van der Waals surface area contributed by atoms with E-state index in [1.807, 2.05) is 12.1 Å². The summed E-state index contributed by atoms with van der Waals surface area (Å²) in [6.45, 7) is 1.65. The van der Waals surface area contributed by atoms with Gasteiger partial charge in [0, 0.05) is 24.2 Å². The summed E-state index contributed by atoms with van der Waals surface area (Å²) in [5.74, 6) is 0.664. The van der Waals surface area contributed by atoms with Crippen molar-refractivity contribution in [1.29, 1.82) is 0 Å². The number of rotatable bonds is 5. The van der Waals surface area contributed by atoms with Crippen LogP contribution in [0.25, 0.3) is 0 Å². The molecule has 1 aliphatic rings. The van der Waals surface area contributed by atoms with Crippen LogP contribution in [0.2, 0.25) is 5.02 Å². The third kappa shape index (κ3) is 3.70. The Bertz CT molecular complexity index is 678. The number of tetrazole rings is 1. The number of aromatic nitrogens is 4. The van der Waals surface area contributed by atoms with Crippen LogP contribution in [0.3, 0.4) is 0 Å². The lowest BCUT2D eigenvalue weighted by molar-refractivity contribution is -0.122. The molecule has 1 fully saturated rings. The van der Waals surface area contributed by atoms with Gasteiger partial charge in [-0.25, -0.2) is 4.68 Å². The average molecular weight is 337 g/mol. The number of carbonyl (C=O) groups is 1. The summed E-state index contributed by atoms with van der Waals surface area (Å²) in [5.41, 5.74) is 0.942. The predicted molar refractivity (Wildman–Crippen MR) is 84.6 cm³/mol. The van der Waals surface area contributed by atoms with Crippen LogP contribution in [-0.2, 0) is 11.3 Å². The molecule has 122 valence electrons. The van der Waals surface area contributed by atoms with Crippen molar-refractivity contribution >= 4 is 23.2 Å². The van der Waals surface area contributed by atoms with E-state index in [1.54, 1.807) is 13.2 Å². The fourth-order valence-corrected chi connectivity index (χ4v) is 2.85. The molecule has 1 aromatic heterocycles. The number of hydrogen-bond donors (Lipinski definition) is 1. The third-order valence-electron chi connectivity index (χ3n) is 3.73. The lowest BCUT2D eigenvalue weighted by Gasteiger charge is -2.21. The molecule has 0 spiro atoms. The van der Waals surface area contributed by atoms with Crippen molar-refractivity contribution in [2.45, 2.75) is 19.0 Å². The minimum absolute atomic E-state index is 0.0719. The van der Waals surface area contributed by atoms with Crippen molar-refractivity contribution < 1.29 is 9.53 Å². The third-order valence-corrected chi connectivity index (χ3v) is 3.97.